The lowest BCUT2D eigenvalue weighted by atomic mass is 10.1. The Bertz CT molecular complexity index is 520. The molecule has 2 rings (SSSR count). The van der Waals surface area contributed by atoms with E-state index < -0.39 is 0 Å². The van der Waals surface area contributed by atoms with Gasteiger partial charge in [-0.25, -0.2) is 4.98 Å². The molecule has 0 atom stereocenters. The molecule has 2 aromatic rings. The van der Waals surface area contributed by atoms with Crippen molar-refractivity contribution in [3.05, 3.63) is 46.8 Å². The monoisotopic (exact) mass is 242 g/mol. The highest BCUT2D eigenvalue weighted by atomic mass is 15.2. The molecule has 94 valence electrons. The van der Waals surface area contributed by atoms with Crippen LogP contribution in [0.5, 0.6) is 0 Å². The molecule has 0 fully saturated rings. The molecule has 4 heteroatoms. The van der Waals surface area contributed by atoms with Gasteiger partial charge in [0.25, 0.3) is 0 Å². The maximum atomic E-state index is 4.34. The minimum Gasteiger partial charge on any atom is -0.349 e. The summed E-state index contributed by atoms with van der Waals surface area (Å²) in [5.74, 6) is 0.581. The predicted molar refractivity (Wildman–Crippen MR) is 72.4 cm³/mol. The van der Waals surface area contributed by atoms with Gasteiger partial charge in [-0.2, -0.15) is 5.10 Å². The van der Waals surface area contributed by atoms with Crippen molar-refractivity contribution in [1.29, 1.82) is 0 Å². The summed E-state index contributed by atoms with van der Waals surface area (Å²) in [6, 6.07) is 8.55. The Labute approximate surface area is 107 Å². The van der Waals surface area contributed by atoms with Crippen molar-refractivity contribution in [2.24, 2.45) is 0 Å². The Balaban J connectivity index is 1.99. The number of hydrogen-bond acceptors (Lipinski definition) is 4. The highest BCUT2D eigenvalue weighted by Crippen LogP contribution is 2.07. The molecular formula is C14H18N4. The van der Waals surface area contributed by atoms with E-state index in [9.17, 15) is 0 Å². The third-order valence-corrected chi connectivity index (χ3v) is 2.97. The third-order valence-electron chi connectivity index (χ3n) is 2.97. The number of aryl methyl sites for hydroxylation is 3. The van der Waals surface area contributed by atoms with Crippen molar-refractivity contribution in [3.63, 3.8) is 0 Å². The van der Waals surface area contributed by atoms with E-state index in [2.05, 4.69) is 51.7 Å². The van der Waals surface area contributed by atoms with Crippen LogP contribution in [0.15, 0.2) is 24.3 Å². The quantitative estimate of drug-likeness (QED) is 0.895. The standard InChI is InChI=1S/C14H18N4/c1-4-12-5-7-13(8-6-12)9-15-14-16-10(2)11(3)17-18-14/h5-8H,4,9H2,1-3H3,(H,15,16,18). The molecule has 4 nitrogen and oxygen atoms in total. The van der Waals surface area contributed by atoms with Crippen LogP contribution in [0.4, 0.5) is 5.95 Å². The van der Waals surface area contributed by atoms with Gasteiger partial charge in [0.1, 0.15) is 0 Å². The van der Waals surface area contributed by atoms with Crippen LogP contribution in [0.2, 0.25) is 0 Å². The Morgan fingerprint density at radius 1 is 0.944 bits per heavy atom. The average molecular weight is 242 g/mol. The van der Waals surface area contributed by atoms with E-state index in [0.717, 1.165) is 17.8 Å². The highest BCUT2D eigenvalue weighted by molar-refractivity contribution is 5.29. The normalized spacial score (nSPS) is 10.4. The van der Waals surface area contributed by atoms with Crippen LogP contribution in [0.3, 0.4) is 0 Å². The number of benzene rings is 1. The zero-order valence-corrected chi connectivity index (χ0v) is 11.1. The van der Waals surface area contributed by atoms with Crippen LogP contribution >= 0.6 is 0 Å². The predicted octanol–water partition coefficient (Wildman–Crippen LogP) is 2.66. The van der Waals surface area contributed by atoms with E-state index in [1.165, 1.54) is 11.1 Å². The van der Waals surface area contributed by atoms with Gasteiger partial charge < -0.3 is 5.32 Å². The zero-order chi connectivity index (χ0) is 13.0. The van der Waals surface area contributed by atoms with Crippen molar-refractivity contribution < 1.29 is 0 Å². The number of anilines is 1. The molecule has 0 bridgehead atoms. The van der Waals surface area contributed by atoms with Gasteiger partial charge in [-0.3, -0.25) is 0 Å². The largest absolute Gasteiger partial charge is 0.349 e. The highest BCUT2D eigenvalue weighted by Gasteiger charge is 2.01. The topological polar surface area (TPSA) is 50.7 Å². The van der Waals surface area contributed by atoms with Crippen molar-refractivity contribution >= 4 is 5.95 Å². The van der Waals surface area contributed by atoms with Crippen LogP contribution in [-0.4, -0.2) is 15.2 Å². The van der Waals surface area contributed by atoms with E-state index in [1.54, 1.807) is 0 Å². The molecule has 18 heavy (non-hydrogen) atoms. The first-order valence-corrected chi connectivity index (χ1v) is 6.18. The molecule has 1 N–H and O–H groups in total. The lowest BCUT2D eigenvalue weighted by Gasteiger charge is -2.06. The van der Waals surface area contributed by atoms with Gasteiger partial charge in [0.15, 0.2) is 0 Å². The van der Waals surface area contributed by atoms with Gasteiger partial charge in [-0.1, -0.05) is 31.2 Å². The first-order valence-electron chi connectivity index (χ1n) is 6.18. The molecule has 0 unspecified atom stereocenters. The summed E-state index contributed by atoms with van der Waals surface area (Å²) < 4.78 is 0. The van der Waals surface area contributed by atoms with E-state index >= 15 is 0 Å². The Morgan fingerprint density at radius 2 is 1.61 bits per heavy atom. The first-order chi connectivity index (χ1) is 8.69. The second-order valence-corrected chi connectivity index (χ2v) is 4.33. The number of rotatable bonds is 4. The molecule has 0 radical (unpaired) electrons. The summed E-state index contributed by atoms with van der Waals surface area (Å²) in [6.45, 7) is 6.71. The van der Waals surface area contributed by atoms with E-state index in [-0.39, 0.29) is 0 Å². The number of hydrogen-bond donors (Lipinski definition) is 1. The van der Waals surface area contributed by atoms with Gasteiger partial charge in [0.05, 0.1) is 11.4 Å². The SMILES string of the molecule is CCc1ccc(CNc2nnc(C)c(C)n2)cc1. The molecule has 0 aliphatic heterocycles. The van der Waals surface area contributed by atoms with E-state index in [4.69, 9.17) is 0 Å². The molecule has 0 saturated carbocycles. The van der Waals surface area contributed by atoms with Gasteiger partial charge in [-0.15, -0.1) is 5.10 Å². The van der Waals surface area contributed by atoms with Gasteiger partial charge >= 0.3 is 0 Å². The fraction of sp³-hybridized carbons (Fsp3) is 0.357. The number of aromatic nitrogens is 3. The maximum Gasteiger partial charge on any atom is 0.243 e. The summed E-state index contributed by atoms with van der Waals surface area (Å²) in [5.41, 5.74) is 4.35. The van der Waals surface area contributed by atoms with Crippen LogP contribution in [0.25, 0.3) is 0 Å². The Hall–Kier alpha value is -1.97. The molecule has 0 aliphatic rings. The minimum absolute atomic E-state index is 0.581. The fourth-order valence-electron chi connectivity index (χ4n) is 1.61. The summed E-state index contributed by atoms with van der Waals surface area (Å²) >= 11 is 0. The molecule has 1 aromatic heterocycles. The van der Waals surface area contributed by atoms with E-state index in [1.807, 2.05) is 13.8 Å². The number of nitrogens with one attached hydrogen (secondary N) is 1. The van der Waals surface area contributed by atoms with Crippen molar-refractivity contribution in [1.82, 2.24) is 15.2 Å². The van der Waals surface area contributed by atoms with E-state index in [0.29, 0.717) is 12.5 Å². The number of nitrogens with zero attached hydrogens (tertiary/aromatic N) is 3. The average Bonchev–Trinajstić information content (AvgIpc) is 2.41. The van der Waals surface area contributed by atoms with Crippen molar-refractivity contribution in [2.45, 2.75) is 33.7 Å². The second-order valence-electron chi connectivity index (χ2n) is 4.33. The minimum atomic E-state index is 0.581. The molecule has 0 amide bonds. The smallest absolute Gasteiger partial charge is 0.243 e. The van der Waals surface area contributed by atoms with Crippen LogP contribution in [0, 0.1) is 13.8 Å². The van der Waals surface area contributed by atoms with Gasteiger partial charge in [0.2, 0.25) is 5.95 Å². The first kappa shape index (κ1) is 12.5. The summed E-state index contributed by atoms with van der Waals surface area (Å²) in [7, 11) is 0. The Morgan fingerprint density at radius 3 is 2.22 bits per heavy atom. The Kier molecular flexibility index (Phi) is 3.87. The van der Waals surface area contributed by atoms with Crippen molar-refractivity contribution in [2.75, 3.05) is 5.32 Å². The molecule has 1 heterocycles. The maximum absolute atomic E-state index is 4.34. The van der Waals surface area contributed by atoms with Crippen LogP contribution < -0.4 is 5.32 Å². The molecular weight excluding hydrogens is 224 g/mol. The lowest BCUT2D eigenvalue weighted by Crippen LogP contribution is -2.07. The molecule has 0 aliphatic carbocycles. The second kappa shape index (κ2) is 5.58. The third kappa shape index (κ3) is 3.03. The molecule has 1 aromatic carbocycles. The fourth-order valence-corrected chi connectivity index (χ4v) is 1.61. The molecule has 0 saturated heterocycles. The molecule has 0 spiro atoms. The van der Waals surface area contributed by atoms with Crippen molar-refractivity contribution in [3.8, 4) is 0 Å². The lowest BCUT2D eigenvalue weighted by molar-refractivity contribution is 0.885. The summed E-state index contributed by atoms with van der Waals surface area (Å²) in [6.07, 6.45) is 1.07. The summed E-state index contributed by atoms with van der Waals surface area (Å²) in [4.78, 5) is 4.34. The van der Waals surface area contributed by atoms with Crippen LogP contribution in [-0.2, 0) is 13.0 Å². The summed E-state index contributed by atoms with van der Waals surface area (Å²) in [5, 5.41) is 11.2. The van der Waals surface area contributed by atoms with Gasteiger partial charge in [-0.05, 0) is 31.4 Å². The van der Waals surface area contributed by atoms with Crippen LogP contribution in [0.1, 0.15) is 29.4 Å². The van der Waals surface area contributed by atoms with Gasteiger partial charge in [0, 0.05) is 6.54 Å². The zero-order valence-electron chi connectivity index (χ0n) is 11.1.